The number of aliphatic imine (C=N–C) groups is 1. The third-order valence-electron chi connectivity index (χ3n) is 5.56. The summed E-state index contributed by atoms with van der Waals surface area (Å²) in [6.07, 6.45) is 12.1. The summed E-state index contributed by atoms with van der Waals surface area (Å²) in [7, 11) is 0. The van der Waals surface area contributed by atoms with E-state index in [4.69, 9.17) is 4.99 Å². The van der Waals surface area contributed by atoms with Crippen molar-refractivity contribution in [2.75, 3.05) is 0 Å². The predicted octanol–water partition coefficient (Wildman–Crippen LogP) is 6.40. The van der Waals surface area contributed by atoms with Crippen LogP contribution in [-0.2, 0) is 0 Å². The maximum Gasteiger partial charge on any atom is 0.230 e. The molecule has 0 aromatic heterocycles. The zero-order chi connectivity index (χ0) is 22.2. The molecule has 3 nitrogen and oxygen atoms in total. The molecule has 2 heterocycles. The Morgan fingerprint density at radius 1 is 0.788 bits per heavy atom. The highest BCUT2D eigenvalue weighted by atomic mass is 32.2. The molecular formula is C28H16N2OS2. The Kier molecular flexibility index (Phi) is 5.07. The largest absolute Gasteiger partial charge is 0.618 e. The van der Waals surface area contributed by atoms with Gasteiger partial charge < -0.3 is 5.21 Å². The summed E-state index contributed by atoms with van der Waals surface area (Å²) < 4.78 is 1.01. The second-order valence-electron chi connectivity index (χ2n) is 7.64. The van der Waals surface area contributed by atoms with Crippen LogP contribution in [0.3, 0.4) is 0 Å². The average molecular weight is 461 g/mol. The molecule has 33 heavy (non-hydrogen) atoms. The molecule has 4 aliphatic rings. The molecule has 2 unspecified atom stereocenters. The van der Waals surface area contributed by atoms with Gasteiger partial charge in [-0.15, -0.1) is 0 Å². The maximum absolute atomic E-state index is 13.1. The standard InChI is InChI=1S/C28H16N2OS2/c31-30-22-14-4-6-16-24(22)33-26-18-8-12-20(28(26)30)10-2-1-9-19-11-7-17-25-27(19)29-21-13-3-5-15-23(21)32-25/h3-8,11-20H. The van der Waals surface area contributed by atoms with Crippen molar-refractivity contribution in [3.05, 3.63) is 100 Å². The van der Waals surface area contributed by atoms with Gasteiger partial charge in [0.1, 0.15) is 5.92 Å². The molecule has 0 saturated carbocycles. The van der Waals surface area contributed by atoms with Crippen LogP contribution in [0.15, 0.2) is 110 Å². The van der Waals surface area contributed by atoms with E-state index in [1.165, 1.54) is 0 Å². The van der Waals surface area contributed by atoms with Gasteiger partial charge in [-0.05, 0) is 42.2 Å². The summed E-state index contributed by atoms with van der Waals surface area (Å²) in [5.74, 6) is 12.1. The first kappa shape index (κ1) is 20.0. The normalized spacial score (nSPS) is 21.5. The second kappa shape index (κ2) is 8.37. The monoisotopic (exact) mass is 460 g/mol. The fourth-order valence-electron chi connectivity index (χ4n) is 4.00. The van der Waals surface area contributed by atoms with Crippen molar-refractivity contribution >= 4 is 46.3 Å². The number of fused-ring (bicyclic) bond motifs is 4. The number of benzene rings is 2. The third kappa shape index (κ3) is 3.66. The smallest absolute Gasteiger partial charge is 0.230 e. The molecule has 2 aliphatic carbocycles. The maximum atomic E-state index is 13.1. The lowest BCUT2D eigenvalue weighted by Gasteiger charge is -2.23. The molecule has 0 N–H and O–H groups in total. The summed E-state index contributed by atoms with van der Waals surface area (Å²) in [6.45, 7) is 0. The zero-order valence-corrected chi connectivity index (χ0v) is 19.0. The summed E-state index contributed by atoms with van der Waals surface area (Å²) in [4.78, 5) is 9.05. The molecule has 2 aliphatic heterocycles. The highest BCUT2D eigenvalue weighted by molar-refractivity contribution is 8.04. The van der Waals surface area contributed by atoms with Crippen molar-refractivity contribution in [3.8, 4) is 23.7 Å². The summed E-state index contributed by atoms with van der Waals surface area (Å²) >= 11 is 3.34. The van der Waals surface area contributed by atoms with E-state index >= 15 is 0 Å². The van der Waals surface area contributed by atoms with Crippen LogP contribution in [0.5, 0.6) is 0 Å². The SMILES string of the molecule is [O-][N+]1=C2C(=CC=CC2C#CC#CC2C=CC=C3Sc4ccccc4N=C32)Sc2ccccc21. The van der Waals surface area contributed by atoms with Gasteiger partial charge in [-0.2, -0.15) is 4.74 Å². The van der Waals surface area contributed by atoms with Gasteiger partial charge >= 0.3 is 0 Å². The van der Waals surface area contributed by atoms with Crippen molar-refractivity contribution in [2.45, 2.75) is 9.79 Å². The molecule has 0 bridgehead atoms. The molecule has 2 aromatic carbocycles. The average Bonchev–Trinajstić information content (AvgIpc) is 2.85. The minimum absolute atomic E-state index is 0.0988. The molecular weight excluding hydrogens is 444 g/mol. The minimum atomic E-state index is -0.288. The van der Waals surface area contributed by atoms with Gasteiger partial charge in [0, 0.05) is 15.9 Å². The van der Waals surface area contributed by atoms with Crippen molar-refractivity contribution in [1.29, 1.82) is 0 Å². The van der Waals surface area contributed by atoms with Crippen molar-refractivity contribution in [3.63, 3.8) is 0 Å². The van der Waals surface area contributed by atoms with Crippen molar-refractivity contribution < 1.29 is 4.74 Å². The summed E-state index contributed by atoms with van der Waals surface area (Å²) in [5, 5.41) is 13.1. The Balaban J connectivity index is 1.28. The first-order valence-electron chi connectivity index (χ1n) is 10.5. The first-order chi connectivity index (χ1) is 16.3. The van der Waals surface area contributed by atoms with E-state index < -0.39 is 0 Å². The fraction of sp³-hybridized carbons (Fsp3) is 0.0714. The molecule has 0 amide bonds. The highest BCUT2D eigenvalue weighted by Gasteiger charge is 2.33. The molecule has 156 valence electrons. The number of nitrogens with zero attached hydrogens (tertiary/aromatic N) is 2. The number of hydrogen-bond donors (Lipinski definition) is 0. The van der Waals surface area contributed by atoms with Crippen LogP contribution in [-0.4, -0.2) is 16.2 Å². The van der Waals surface area contributed by atoms with Crippen molar-refractivity contribution in [1.82, 2.24) is 0 Å². The number of allylic oxidation sites excluding steroid dienone is 8. The van der Waals surface area contributed by atoms with Gasteiger partial charge in [-0.25, -0.2) is 4.99 Å². The molecule has 0 spiro atoms. The van der Waals surface area contributed by atoms with Gasteiger partial charge in [-0.3, -0.25) is 0 Å². The van der Waals surface area contributed by atoms with Gasteiger partial charge in [-0.1, -0.05) is 83.9 Å². The minimum Gasteiger partial charge on any atom is -0.618 e. The Labute approximate surface area is 201 Å². The van der Waals surface area contributed by atoms with Crippen LogP contribution in [0.1, 0.15) is 0 Å². The van der Waals surface area contributed by atoms with E-state index in [1.807, 2.05) is 66.8 Å². The lowest BCUT2D eigenvalue weighted by molar-refractivity contribution is -0.365. The zero-order valence-electron chi connectivity index (χ0n) is 17.4. The Bertz CT molecular complexity index is 1500. The Morgan fingerprint density at radius 3 is 2.33 bits per heavy atom. The van der Waals surface area contributed by atoms with Gasteiger partial charge in [0.15, 0.2) is 0 Å². The fourth-order valence-corrected chi connectivity index (χ4v) is 6.12. The predicted molar refractivity (Wildman–Crippen MR) is 137 cm³/mol. The van der Waals surface area contributed by atoms with Crippen LogP contribution in [0, 0.1) is 40.7 Å². The molecule has 0 saturated heterocycles. The van der Waals surface area contributed by atoms with E-state index in [2.05, 4.69) is 41.9 Å². The summed E-state index contributed by atoms with van der Waals surface area (Å²) in [5.41, 5.74) is 3.29. The first-order valence-corrected chi connectivity index (χ1v) is 12.2. The number of para-hydroxylation sites is 2. The Morgan fingerprint density at radius 2 is 1.45 bits per heavy atom. The quantitative estimate of drug-likeness (QED) is 0.259. The lowest BCUT2D eigenvalue weighted by atomic mass is 9.97. The topological polar surface area (TPSA) is 38.4 Å². The van der Waals surface area contributed by atoms with E-state index in [0.29, 0.717) is 11.4 Å². The van der Waals surface area contributed by atoms with E-state index in [1.54, 1.807) is 23.5 Å². The highest BCUT2D eigenvalue weighted by Crippen LogP contribution is 2.43. The molecule has 2 atom stereocenters. The molecule has 0 radical (unpaired) electrons. The summed E-state index contributed by atoms with van der Waals surface area (Å²) in [6, 6.07) is 15.8. The van der Waals surface area contributed by atoms with Crippen LogP contribution < -0.4 is 0 Å². The van der Waals surface area contributed by atoms with Crippen LogP contribution in [0.4, 0.5) is 11.4 Å². The number of hydrogen-bond acceptors (Lipinski definition) is 4. The molecule has 5 heteroatoms. The number of rotatable bonds is 0. The molecule has 6 rings (SSSR count). The van der Waals surface area contributed by atoms with Crippen LogP contribution in [0.25, 0.3) is 0 Å². The van der Waals surface area contributed by atoms with Gasteiger partial charge in [0.25, 0.3) is 0 Å². The second-order valence-corrected chi connectivity index (χ2v) is 9.81. The van der Waals surface area contributed by atoms with Crippen LogP contribution >= 0.6 is 23.5 Å². The Hall–Kier alpha value is -3.64. The van der Waals surface area contributed by atoms with Gasteiger partial charge in [0.05, 0.1) is 27.1 Å². The van der Waals surface area contributed by atoms with E-state index in [0.717, 1.165) is 35.7 Å². The lowest BCUT2D eigenvalue weighted by Crippen LogP contribution is -2.25. The van der Waals surface area contributed by atoms with Crippen molar-refractivity contribution in [2.24, 2.45) is 16.8 Å². The van der Waals surface area contributed by atoms with Crippen LogP contribution in [0.2, 0.25) is 0 Å². The third-order valence-corrected chi connectivity index (χ3v) is 7.82. The number of thioether (sulfide) groups is 2. The van der Waals surface area contributed by atoms with Gasteiger partial charge in [0.2, 0.25) is 11.4 Å². The molecule has 0 fully saturated rings. The van der Waals surface area contributed by atoms with E-state index in [-0.39, 0.29) is 11.8 Å². The van der Waals surface area contributed by atoms with E-state index in [9.17, 15) is 5.21 Å². The molecule has 2 aromatic rings.